The van der Waals surface area contributed by atoms with E-state index in [4.69, 9.17) is 0 Å². The van der Waals surface area contributed by atoms with Crippen molar-refractivity contribution in [3.8, 4) is 0 Å². The third-order valence-corrected chi connectivity index (χ3v) is 9.74. The van der Waals surface area contributed by atoms with Gasteiger partial charge in [-0.05, 0) is 78.6 Å². The van der Waals surface area contributed by atoms with E-state index in [-0.39, 0.29) is 11.3 Å². The Hall–Kier alpha value is -0.920. The van der Waals surface area contributed by atoms with Crippen LogP contribution in [0.1, 0.15) is 92.4 Å². The molecule has 0 aliphatic heterocycles. The van der Waals surface area contributed by atoms with Gasteiger partial charge in [-0.15, -0.1) is 0 Å². The van der Waals surface area contributed by atoms with Crippen molar-refractivity contribution in [2.45, 2.75) is 92.4 Å². The van der Waals surface area contributed by atoms with Gasteiger partial charge in [0.15, 0.2) is 5.78 Å². The quantitative estimate of drug-likeness (QED) is 0.563. The topological polar surface area (TPSA) is 34.1 Å². The van der Waals surface area contributed by atoms with Crippen molar-refractivity contribution in [1.82, 2.24) is 0 Å². The van der Waals surface area contributed by atoms with Crippen LogP contribution in [0.15, 0.2) is 11.6 Å². The summed E-state index contributed by atoms with van der Waals surface area (Å²) in [6.45, 7) is 12.0. The number of ketones is 2. The first-order valence-electron chi connectivity index (χ1n) is 11.9. The van der Waals surface area contributed by atoms with Gasteiger partial charge in [-0.2, -0.15) is 0 Å². The van der Waals surface area contributed by atoms with Gasteiger partial charge in [0, 0.05) is 18.8 Å². The van der Waals surface area contributed by atoms with Crippen LogP contribution in [0.3, 0.4) is 0 Å². The Morgan fingerprint density at radius 1 is 1.00 bits per heavy atom. The van der Waals surface area contributed by atoms with Gasteiger partial charge < -0.3 is 0 Å². The van der Waals surface area contributed by atoms with Crippen LogP contribution in [0.4, 0.5) is 0 Å². The van der Waals surface area contributed by atoms with Crippen LogP contribution >= 0.6 is 0 Å². The molecule has 4 aliphatic rings. The van der Waals surface area contributed by atoms with Gasteiger partial charge >= 0.3 is 0 Å². The molecule has 7 atom stereocenters. The summed E-state index contributed by atoms with van der Waals surface area (Å²) in [4.78, 5) is 25.4. The minimum Gasteiger partial charge on any atom is -0.299 e. The zero-order valence-corrected chi connectivity index (χ0v) is 18.7. The van der Waals surface area contributed by atoms with E-state index in [2.05, 4.69) is 34.6 Å². The Balaban J connectivity index is 1.60. The molecule has 0 bridgehead atoms. The molecule has 4 rings (SSSR count). The summed E-state index contributed by atoms with van der Waals surface area (Å²) in [5.74, 6) is 4.24. The van der Waals surface area contributed by atoms with Gasteiger partial charge in [0.05, 0.1) is 0 Å². The Bertz CT molecular complexity index is 689. The number of carbonyl (C=O) groups excluding carboxylic acids is 2. The molecular formula is C26H40O2. The van der Waals surface area contributed by atoms with Gasteiger partial charge in [-0.1, -0.05) is 53.0 Å². The molecule has 0 aromatic heterocycles. The van der Waals surface area contributed by atoms with E-state index in [1.54, 1.807) is 0 Å². The maximum atomic E-state index is 13.3. The summed E-state index contributed by atoms with van der Waals surface area (Å²) in [7, 11) is 0. The lowest BCUT2D eigenvalue weighted by Crippen LogP contribution is -2.53. The molecule has 2 nitrogen and oxygen atoms in total. The van der Waals surface area contributed by atoms with E-state index in [0.717, 1.165) is 24.2 Å². The molecule has 4 aliphatic carbocycles. The van der Waals surface area contributed by atoms with E-state index in [1.807, 2.05) is 6.08 Å². The zero-order valence-electron chi connectivity index (χ0n) is 18.7. The van der Waals surface area contributed by atoms with Crippen LogP contribution in [-0.4, -0.2) is 11.6 Å². The summed E-state index contributed by atoms with van der Waals surface area (Å²) in [6.07, 6.45) is 11.8. The van der Waals surface area contributed by atoms with Crippen molar-refractivity contribution in [2.24, 2.45) is 46.3 Å². The first kappa shape index (κ1) is 20.4. The summed E-state index contributed by atoms with van der Waals surface area (Å²) in [5, 5.41) is 0. The summed E-state index contributed by atoms with van der Waals surface area (Å²) < 4.78 is 0. The molecule has 156 valence electrons. The predicted octanol–water partition coefficient (Wildman–Crippen LogP) is 6.39. The molecule has 0 radical (unpaired) electrons. The first-order valence-corrected chi connectivity index (χ1v) is 11.9. The standard InChI is InChI=1S/C26H40O2/c1-16(2)6-7-17(3)20-8-9-21-24-22(11-13-26(20,21)5)25(4)12-10-19(27)14-18(25)15-23(24)28/h15-17,20-22,24H,6-14H2,1-5H3/t17-,20-,21+,22+,24+,25+,26-/m1/s1. The number of fused-ring (bicyclic) bond motifs is 5. The van der Waals surface area contributed by atoms with Crippen molar-refractivity contribution < 1.29 is 9.59 Å². The van der Waals surface area contributed by atoms with Crippen LogP contribution in [0.2, 0.25) is 0 Å². The Kier molecular flexibility index (Phi) is 5.16. The minimum absolute atomic E-state index is 0.0924. The van der Waals surface area contributed by atoms with Gasteiger partial charge in [0.1, 0.15) is 5.78 Å². The molecule has 0 N–H and O–H groups in total. The molecule has 0 aromatic rings. The molecule has 0 heterocycles. The average molecular weight is 385 g/mol. The lowest BCUT2D eigenvalue weighted by Gasteiger charge is -2.57. The molecule has 0 aromatic carbocycles. The van der Waals surface area contributed by atoms with Gasteiger partial charge in [0.25, 0.3) is 0 Å². The van der Waals surface area contributed by atoms with Crippen molar-refractivity contribution in [3.05, 3.63) is 11.6 Å². The van der Waals surface area contributed by atoms with Crippen molar-refractivity contribution in [1.29, 1.82) is 0 Å². The van der Waals surface area contributed by atoms with Gasteiger partial charge in [-0.25, -0.2) is 0 Å². The molecule has 0 saturated heterocycles. The number of allylic oxidation sites excluding steroid dienone is 2. The number of carbonyl (C=O) groups is 2. The number of rotatable bonds is 4. The lowest BCUT2D eigenvalue weighted by atomic mass is 9.46. The maximum absolute atomic E-state index is 13.3. The highest BCUT2D eigenvalue weighted by molar-refractivity contribution is 5.96. The van der Waals surface area contributed by atoms with Crippen LogP contribution in [0.25, 0.3) is 0 Å². The van der Waals surface area contributed by atoms with E-state index in [1.165, 1.54) is 44.1 Å². The predicted molar refractivity (Wildman–Crippen MR) is 114 cm³/mol. The molecule has 0 unspecified atom stereocenters. The largest absolute Gasteiger partial charge is 0.299 e. The van der Waals surface area contributed by atoms with E-state index in [9.17, 15) is 9.59 Å². The second kappa shape index (κ2) is 7.10. The van der Waals surface area contributed by atoms with Gasteiger partial charge in [0.2, 0.25) is 0 Å². The second-order valence-electron chi connectivity index (χ2n) is 11.6. The third kappa shape index (κ3) is 3.05. The fraction of sp³-hybridized carbons (Fsp3) is 0.846. The number of Topliss-reactive ketones (excluding diaryl/α,β-unsaturated/α-hetero) is 1. The highest BCUT2D eigenvalue weighted by Gasteiger charge is 2.61. The zero-order chi connectivity index (χ0) is 20.3. The van der Waals surface area contributed by atoms with Crippen LogP contribution in [0, 0.1) is 46.3 Å². The lowest BCUT2D eigenvalue weighted by molar-refractivity contribution is -0.135. The second-order valence-corrected chi connectivity index (χ2v) is 11.6. The molecule has 28 heavy (non-hydrogen) atoms. The highest BCUT2D eigenvalue weighted by atomic mass is 16.1. The molecule has 3 fully saturated rings. The minimum atomic E-state index is 0.0924. The van der Waals surface area contributed by atoms with Crippen molar-refractivity contribution in [3.63, 3.8) is 0 Å². The SMILES string of the molecule is CC(C)CC[C@@H](C)[C@H]1CC[C@H]2[C@@H]3C(=O)C=C4CC(=O)CC[C@]4(C)[C@H]3CC[C@]12C. The van der Waals surface area contributed by atoms with Gasteiger partial charge in [-0.3, -0.25) is 9.59 Å². The first-order chi connectivity index (χ1) is 13.2. The Morgan fingerprint density at radius 2 is 1.75 bits per heavy atom. The Labute approximate surface area is 171 Å². The molecule has 0 amide bonds. The maximum Gasteiger partial charge on any atom is 0.159 e. The van der Waals surface area contributed by atoms with Crippen LogP contribution < -0.4 is 0 Å². The normalized spacial score (nSPS) is 44.0. The summed E-state index contributed by atoms with van der Waals surface area (Å²) >= 11 is 0. The highest BCUT2D eigenvalue weighted by Crippen LogP contribution is 2.66. The molecule has 3 saturated carbocycles. The molecule has 0 spiro atoms. The smallest absolute Gasteiger partial charge is 0.159 e. The average Bonchev–Trinajstić information content (AvgIpc) is 2.98. The van der Waals surface area contributed by atoms with Crippen LogP contribution in [-0.2, 0) is 9.59 Å². The molecule has 2 heteroatoms. The monoisotopic (exact) mass is 384 g/mol. The van der Waals surface area contributed by atoms with Crippen molar-refractivity contribution in [2.75, 3.05) is 0 Å². The summed E-state index contributed by atoms with van der Waals surface area (Å²) in [6, 6.07) is 0. The summed E-state index contributed by atoms with van der Waals surface area (Å²) in [5.41, 5.74) is 1.59. The number of hydrogen-bond acceptors (Lipinski definition) is 2. The van der Waals surface area contributed by atoms with E-state index < -0.39 is 0 Å². The van der Waals surface area contributed by atoms with Crippen LogP contribution in [0.5, 0.6) is 0 Å². The van der Waals surface area contributed by atoms with E-state index >= 15 is 0 Å². The van der Waals surface area contributed by atoms with E-state index in [0.29, 0.717) is 41.7 Å². The molecular weight excluding hydrogens is 344 g/mol. The van der Waals surface area contributed by atoms with Crippen molar-refractivity contribution >= 4 is 11.6 Å². The fourth-order valence-electron chi connectivity index (χ4n) is 7.99. The Morgan fingerprint density at radius 3 is 2.46 bits per heavy atom. The number of hydrogen-bond donors (Lipinski definition) is 0. The third-order valence-electron chi connectivity index (χ3n) is 9.74. The fourth-order valence-corrected chi connectivity index (χ4v) is 7.99.